The van der Waals surface area contributed by atoms with Crippen LogP contribution in [0.15, 0.2) is 29.3 Å². The summed E-state index contributed by atoms with van der Waals surface area (Å²) in [5.41, 5.74) is 10.2. The first-order valence-electron chi connectivity index (χ1n) is 10.8. The summed E-state index contributed by atoms with van der Waals surface area (Å²) in [7, 11) is 2.04. The number of thioether (sulfide) groups is 1. The van der Waals surface area contributed by atoms with Gasteiger partial charge in [0.15, 0.2) is 0 Å². The van der Waals surface area contributed by atoms with Crippen molar-refractivity contribution in [2.24, 2.45) is 5.73 Å². The quantitative estimate of drug-likeness (QED) is 0.456. The number of benzene rings is 1. The zero-order valence-corrected chi connectivity index (χ0v) is 20.8. The predicted molar refractivity (Wildman–Crippen MR) is 135 cm³/mol. The van der Waals surface area contributed by atoms with Crippen LogP contribution < -0.4 is 14.9 Å². The smallest absolute Gasteiger partial charge is 0.148 e. The van der Waals surface area contributed by atoms with E-state index in [-0.39, 0.29) is 11.3 Å². The number of hydrogen-bond donors (Lipinski definition) is 1. The molecular formula is C24H30N6S2. The molecule has 3 rings (SSSR count). The Bertz CT molecular complexity index is 1020. The molecule has 1 aromatic heterocycles. The molecule has 1 fully saturated rings. The lowest BCUT2D eigenvalue weighted by molar-refractivity contribution is 0.497. The van der Waals surface area contributed by atoms with Gasteiger partial charge in [-0.25, -0.2) is 4.98 Å². The average molecular weight is 467 g/mol. The van der Waals surface area contributed by atoms with Crippen LogP contribution in [0, 0.1) is 22.7 Å². The molecule has 1 aromatic carbocycles. The normalized spacial score (nSPS) is 15.2. The Morgan fingerprint density at radius 1 is 1.19 bits per heavy atom. The molecule has 32 heavy (non-hydrogen) atoms. The zero-order chi connectivity index (χ0) is 23.3. The van der Waals surface area contributed by atoms with Crippen LogP contribution in [0.4, 0.5) is 11.5 Å². The molecule has 2 aromatic rings. The maximum Gasteiger partial charge on any atom is 0.148 e. The van der Waals surface area contributed by atoms with Crippen molar-refractivity contribution < 1.29 is 0 Å². The van der Waals surface area contributed by atoms with Gasteiger partial charge in [0, 0.05) is 43.4 Å². The summed E-state index contributed by atoms with van der Waals surface area (Å²) in [5, 5.41) is 20.7. The van der Waals surface area contributed by atoms with Gasteiger partial charge in [0.2, 0.25) is 0 Å². The van der Waals surface area contributed by atoms with Crippen molar-refractivity contribution in [2.75, 3.05) is 35.6 Å². The summed E-state index contributed by atoms with van der Waals surface area (Å²) < 4.78 is 2.11. The molecular weight excluding hydrogens is 436 g/mol. The van der Waals surface area contributed by atoms with E-state index < -0.39 is 0 Å². The van der Waals surface area contributed by atoms with E-state index in [0.717, 1.165) is 37.2 Å². The van der Waals surface area contributed by atoms with Crippen molar-refractivity contribution in [1.29, 1.82) is 10.5 Å². The van der Waals surface area contributed by atoms with Gasteiger partial charge in [0.25, 0.3) is 0 Å². The van der Waals surface area contributed by atoms with Gasteiger partial charge < -0.3 is 14.9 Å². The van der Waals surface area contributed by atoms with Crippen molar-refractivity contribution in [3.63, 3.8) is 0 Å². The van der Waals surface area contributed by atoms with Crippen molar-refractivity contribution in [3.05, 3.63) is 46.5 Å². The molecule has 6 nitrogen and oxygen atoms in total. The van der Waals surface area contributed by atoms with E-state index in [1.54, 1.807) is 23.7 Å². The minimum atomic E-state index is 0.114. The highest BCUT2D eigenvalue weighted by Crippen LogP contribution is 2.40. The van der Waals surface area contributed by atoms with Crippen molar-refractivity contribution in [1.82, 2.24) is 4.98 Å². The fourth-order valence-electron chi connectivity index (χ4n) is 3.90. The van der Waals surface area contributed by atoms with E-state index >= 15 is 0 Å². The fourth-order valence-corrected chi connectivity index (χ4v) is 5.29. The van der Waals surface area contributed by atoms with E-state index in [1.807, 2.05) is 20.2 Å². The summed E-state index contributed by atoms with van der Waals surface area (Å²) in [5.74, 6) is 0.696. The van der Waals surface area contributed by atoms with Crippen LogP contribution in [-0.4, -0.2) is 37.4 Å². The molecule has 2 N–H and O–H groups in total. The Hall–Kier alpha value is -2.39. The summed E-state index contributed by atoms with van der Waals surface area (Å²) in [6.45, 7) is 5.68. The SMILES string of the molecule is CCc1c(C#N)c(SC(C)c2ccc(N(C)SC)cc2)nc(N2CCC(N)CC2)c1C#N. The third-order valence-corrected chi connectivity index (χ3v) is 7.86. The van der Waals surface area contributed by atoms with Gasteiger partial charge in [-0.2, -0.15) is 10.5 Å². The number of anilines is 2. The van der Waals surface area contributed by atoms with E-state index in [4.69, 9.17) is 10.7 Å². The summed E-state index contributed by atoms with van der Waals surface area (Å²) >= 11 is 3.25. The van der Waals surface area contributed by atoms with Crippen LogP contribution in [0.2, 0.25) is 0 Å². The summed E-state index contributed by atoms with van der Waals surface area (Å²) in [4.78, 5) is 7.04. The second-order valence-corrected chi connectivity index (χ2v) is 10.1. The van der Waals surface area contributed by atoms with Crippen molar-refractivity contribution >= 4 is 35.2 Å². The van der Waals surface area contributed by atoms with Gasteiger partial charge in [-0.15, -0.1) is 0 Å². The minimum absolute atomic E-state index is 0.114. The third-order valence-electron chi connectivity index (χ3n) is 5.95. The second-order valence-electron chi connectivity index (χ2n) is 7.90. The molecule has 1 aliphatic heterocycles. The molecule has 0 spiro atoms. The Kier molecular flexibility index (Phi) is 8.31. The molecule has 1 saturated heterocycles. The van der Waals surface area contributed by atoms with Gasteiger partial charge in [-0.1, -0.05) is 42.8 Å². The van der Waals surface area contributed by atoms with E-state index in [9.17, 15) is 10.5 Å². The van der Waals surface area contributed by atoms with E-state index in [0.29, 0.717) is 28.4 Å². The average Bonchev–Trinajstić information content (AvgIpc) is 2.83. The number of nitriles is 2. The fraction of sp³-hybridized carbons (Fsp3) is 0.458. The molecule has 0 aliphatic carbocycles. The largest absolute Gasteiger partial charge is 0.355 e. The summed E-state index contributed by atoms with van der Waals surface area (Å²) in [6, 6.07) is 13.3. The van der Waals surface area contributed by atoms with Crippen LogP contribution in [0.25, 0.3) is 0 Å². The second kappa shape index (κ2) is 11.0. The minimum Gasteiger partial charge on any atom is -0.355 e. The molecule has 0 bridgehead atoms. The third kappa shape index (κ3) is 5.15. The van der Waals surface area contributed by atoms with Crippen LogP contribution in [-0.2, 0) is 6.42 Å². The molecule has 2 heterocycles. The highest BCUT2D eigenvalue weighted by molar-refractivity contribution is 8.00. The highest BCUT2D eigenvalue weighted by atomic mass is 32.2. The highest BCUT2D eigenvalue weighted by Gasteiger charge is 2.26. The lowest BCUT2D eigenvalue weighted by Crippen LogP contribution is -2.40. The van der Waals surface area contributed by atoms with Gasteiger partial charge in [0.1, 0.15) is 23.0 Å². The lowest BCUT2D eigenvalue weighted by Gasteiger charge is -2.32. The molecule has 8 heteroatoms. The Labute approximate surface area is 199 Å². The first-order chi connectivity index (χ1) is 15.4. The molecule has 1 atom stereocenters. The number of pyridine rings is 1. The zero-order valence-electron chi connectivity index (χ0n) is 19.1. The monoisotopic (exact) mass is 466 g/mol. The molecule has 168 valence electrons. The van der Waals surface area contributed by atoms with Crippen LogP contribution in [0.3, 0.4) is 0 Å². The van der Waals surface area contributed by atoms with Crippen LogP contribution in [0.5, 0.6) is 0 Å². The molecule has 1 unspecified atom stereocenters. The number of nitrogens with two attached hydrogens (primary N) is 1. The number of aromatic nitrogens is 1. The Morgan fingerprint density at radius 2 is 1.81 bits per heavy atom. The van der Waals surface area contributed by atoms with Crippen LogP contribution in [0.1, 0.15) is 54.2 Å². The van der Waals surface area contributed by atoms with Crippen LogP contribution >= 0.6 is 23.7 Å². The van der Waals surface area contributed by atoms with E-state index in [1.165, 1.54) is 5.56 Å². The molecule has 1 aliphatic rings. The van der Waals surface area contributed by atoms with Gasteiger partial charge in [-0.3, -0.25) is 0 Å². The van der Waals surface area contributed by atoms with Crippen molar-refractivity contribution in [3.8, 4) is 12.1 Å². The molecule has 0 amide bonds. The first-order valence-corrected chi connectivity index (χ1v) is 12.9. The molecule has 0 radical (unpaired) electrons. The number of nitrogens with zero attached hydrogens (tertiary/aromatic N) is 5. The Morgan fingerprint density at radius 3 is 2.34 bits per heavy atom. The van der Waals surface area contributed by atoms with E-state index in [2.05, 4.69) is 52.5 Å². The lowest BCUT2D eigenvalue weighted by atomic mass is 10.00. The topological polar surface area (TPSA) is 93.0 Å². The van der Waals surface area contributed by atoms with Crippen molar-refractivity contribution in [2.45, 2.75) is 49.4 Å². The predicted octanol–water partition coefficient (Wildman–Crippen LogP) is 4.88. The first kappa shape index (κ1) is 24.3. The standard InChI is InChI=1S/C24H30N6S2/c1-5-20-21(14-25)23(30-12-10-18(27)11-13-30)28-24(22(20)15-26)32-16(2)17-6-8-19(9-7-17)29(3)31-4/h6-9,16,18H,5,10-13,27H2,1-4H3. The maximum absolute atomic E-state index is 9.94. The molecule has 0 saturated carbocycles. The van der Waals surface area contributed by atoms with Gasteiger partial charge in [-0.05, 0) is 49.4 Å². The maximum atomic E-state index is 9.94. The number of hydrogen-bond acceptors (Lipinski definition) is 8. The van der Waals surface area contributed by atoms with Gasteiger partial charge >= 0.3 is 0 Å². The summed E-state index contributed by atoms with van der Waals surface area (Å²) in [6.07, 6.45) is 4.42. The number of rotatable bonds is 7. The number of piperidine rings is 1. The van der Waals surface area contributed by atoms with Gasteiger partial charge in [0.05, 0.1) is 11.1 Å². The Balaban J connectivity index is 1.97.